The normalized spacial score (nSPS) is 9.67. The molecular weight excluding hydrogens is 257 g/mol. The zero-order chi connectivity index (χ0) is 9.00. The summed E-state index contributed by atoms with van der Waals surface area (Å²) in [7, 11) is -10.3. The van der Waals surface area contributed by atoms with Crippen LogP contribution in [0.25, 0.3) is 0 Å². The Bertz CT molecular complexity index is 213. The number of rotatable bonds is 0. The van der Waals surface area contributed by atoms with Crippen molar-refractivity contribution in [3.8, 4) is 0 Å². The van der Waals surface area contributed by atoms with Crippen LogP contribution < -0.4 is 0 Å². The summed E-state index contributed by atoms with van der Waals surface area (Å²) in [6, 6.07) is 0. The third-order valence-corrected chi connectivity index (χ3v) is 0. The van der Waals surface area contributed by atoms with Gasteiger partial charge in [0.1, 0.15) is 0 Å². The van der Waals surface area contributed by atoms with E-state index in [1.807, 2.05) is 0 Å². The molecule has 0 atom stereocenters. The minimum Gasteiger partial charge on any atom is -0.759 e. The second kappa shape index (κ2) is 9.33. The van der Waals surface area contributed by atoms with Gasteiger partial charge in [-0.05, 0) is 0 Å². The molecule has 12 heavy (non-hydrogen) atoms. The molecule has 0 heterocycles. The van der Waals surface area contributed by atoms with Crippen LogP contribution in [0.15, 0.2) is 0 Å². The first-order chi connectivity index (χ1) is 4.00. The van der Waals surface area contributed by atoms with Gasteiger partial charge in [0.2, 0.25) is 0 Å². The van der Waals surface area contributed by atoms with Gasteiger partial charge in [-0.25, -0.2) is 0 Å². The topological polar surface area (TPSA) is 161 Å². The summed E-state index contributed by atoms with van der Waals surface area (Å²) in [5.41, 5.74) is 0. The molecule has 0 amide bonds. The molecule has 0 unspecified atom stereocenters. The van der Waals surface area contributed by atoms with Crippen LogP contribution in [0, 0.1) is 0 Å². The summed E-state index contributed by atoms with van der Waals surface area (Å²) in [6.45, 7) is 0. The first kappa shape index (κ1) is 23.5. The molecule has 8 nitrogen and oxygen atoms in total. The molecule has 0 saturated heterocycles. The summed E-state index contributed by atoms with van der Waals surface area (Å²) < 4.78 is 68.2. The predicted octanol–water partition coefficient (Wildman–Crippen LogP) is -3.44. The summed E-state index contributed by atoms with van der Waals surface area (Å²) in [5, 5.41) is 0. The molecule has 0 aromatic heterocycles. The smallest absolute Gasteiger partial charge is 0.759 e. The van der Waals surface area contributed by atoms with Crippen molar-refractivity contribution in [1.82, 2.24) is 0 Å². The Hall–Kier alpha value is 1.77. The van der Waals surface area contributed by atoms with E-state index in [1.165, 1.54) is 0 Å². The van der Waals surface area contributed by atoms with Crippen molar-refractivity contribution in [2.45, 2.75) is 0 Å². The fraction of sp³-hybridized carbons (Fsp3) is 0. The molecule has 0 aliphatic rings. The van der Waals surface area contributed by atoms with Gasteiger partial charge < -0.3 is 18.2 Å². The maximum atomic E-state index is 8.52. The molecule has 0 N–H and O–H groups in total. The van der Waals surface area contributed by atoms with Crippen molar-refractivity contribution in [3.63, 3.8) is 0 Å². The Morgan fingerprint density at radius 3 is 0.667 bits per heavy atom. The Morgan fingerprint density at radius 1 is 0.667 bits per heavy atom. The molecule has 0 aliphatic carbocycles. The second-order valence-electron chi connectivity index (χ2n) is 0.816. The van der Waals surface area contributed by atoms with Gasteiger partial charge in [-0.2, -0.15) is 0 Å². The molecule has 0 spiro atoms. The van der Waals surface area contributed by atoms with Gasteiger partial charge in [0.05, 0.1) is 0 Å². The van der Waals surface area contributed by atoms with Crippen LogP contribution in [0.1, 0.15) is 0 Å². The summed E-state index contributed by atoms with van der Waals surface area (Å²) >= 11 is 0. The monoisotopic (exact) mass is 256 g/mol. The summed E-state index contributed by atoms with van der Waals surface area (Å²) in [4.78, 5) is 0. The molecular formula is CaMgO8S2. The molecule has 64 valence electrons. The Labute approximate surface area is 115 Å². The Kier molecular flexibility index (Phi) is 18.3. The van der Waals surface area contributed by atoms with Gasteiger partial charge in [-0.3, -0.25) is 16.8 Å². The SMILES string of the molecule is O=S(=O)([O-])[O-].O=S(=O)([O-])[O-].[Ca+2].[Mg+2]. The van der Waals surface area contributed by atoms with Crippen molar-refractivity contribution in [3.05, 3.63) is 0 Å². The van der Waals surface area contributed by atoms with E-state index < -0.39 is 20.8 Å². The van der Waals surface area contributed by atoms with E-state index in [1.54, 1.807) is 0 Å². The maximum Gasteiger partial charge on any atom is 2.00 e. The van der Waals surface area contributed by atoms with Gasteiger partial charge in [0.15, 0.2) is 0 Å². The molecule has 0 bridgehead atoms. The molecule has 0 radical (unpaired) electrons. The number of hydrogen-bond donors (Lipinski definition) is 0. The van der Waals surface area contributed by atoms with E-state index >= 15 is 0 Å². The van der Waals surface area contributed by atoms with Crippen molar-refractivity contribution >= 4 is 81.6 Å². The van der Waals surface area contributed by atoms with E-state index in [-0.39, 0.29) is 60.8 Å². The van der Waals surface area contributed by atoms with Gasteiger partial charge >= 0.3 is 60.8 Å². The molecule has 12 heteroatoms. The first-order valence-corrected chi connectivity index (χ1v) is 4.00. The van der Waals surface area contributed by atoms with Crippen LogP contribution >= 0.6 is 0 Å². The van der Waals surface area contributed by atoms with E-state index in [0.29, 0.717) is 0 Å². The van der Waals surface area contributed by atoms with Crippen molar-refractivity contribution in [2.24, 2.45) is 0 Å². The average Bonchev–Trinajstić information content (AvgIpc) is 1.12. The van der Waals surface area contributed by atoms with Crippen LogP contribution in [0.2, 0.25) is 0 Å². The quantitative estimate of drug-likeness (QED) is 0.246. The van der Waals surface area contributed by atoms with Crippen LogP contribution in [-0.2, 0) is 20.8 Å². The zero-order valence-electron chi connectivity index (χ0n) is 5.50. The van der Waals surface area contributed by atoms with Gasteiger partial charge in [-0.1, -0.05) is 0 Å². The van der Waals surface area contributed by atoms with E-state index in [9.17, 15) is 0 Å². The minimum atomic E-state index is -5.17. The summed E-state index contributed by atoms with van der Waals surface area (Å²) in [6.07, 6.45) is 0. The molecule has 0 aliphatic heterocycles. The fourth-order valence-electron chi connectivity index (χ4n) is 0. The van der Waals surface area contributed by atoms with Gasteiger partial charge in [0, 0.05) is 20.8 Å². The minimum absolute atomic E-state index is 0. The zero-order valence-corrected chi connectivity index (χ0v) is 10.8. The van der Waals surface area contributed by atoms with Crippen molar-refractivity contribution in [2.75, 3.05) is 0 Å². The van der Waals surface area contributed by atoms with Gasteiger partial charge in [-0.15, -0.1) is 0 Å². The van der Waals surface area contributed by atoms with E-state index in [2.05, 4.69) is 0 Å². The Morgan fingerprint density at radius 2 is 0.667 bits per heavy atom. The standard InChI is InChI=1S/Ca.Mg.2H2O4S/c;;2*1-5(2,3)4/h;;2*(H2,1,2,3,4)/q2*+2;;/p-4. The average molecular weight is 257 g/mol. The number of hydrogen-bond acceptors (Lipinski definition) is 8. The van der Waals surface area contributed by atoms with Crippen LogP contribution in [-0.4, -0.2) is 95.8 Å². The van der Waals surface area contributed by atoms with Crippen molar-refractivity contribution < 1.29 is 35.0 Å². The van der Waals surface area contributed by atoms with Crippen molar-refractivity contribution in [1.29, 1.82) is 0 Å². The molecule has 0 saturated carbocycles. The van der Waals surface area contributed by atoms with E-state index in [0.717, 1.165) is 0 Å². The van der Waals surface area contributed by atoms with E-state index in [4.69, 9.17) is 35.0 Å². The maximum absolute atomic E-state index is 8.52. The van der Waals surface area contributed by atoms with Crippen LogP contribution in [0.3, 0.4) is 0 Å². The molecule has 0 aromatic rings. The fourth-order valence-corrected chi connectivity index (χ4v) is 0. The second-order valence-corrected chi connectivity index (χ2v) is 2.45. The third kappa shape index (κ3) is 437. The molecule has 0 aromatic carbocycles. The van der Waals surface area contributed by atoms with Crippen LogP contribution in [0.4, 0.5) is 0 Å². The Balaban J connectivity index is -0.0000000457. The van der Waals surface area contributed by atoms with Crippen LogP contribution in [0.5, 0.6) is 0 Å². The van der Waals surface area contributed by atoms with Gasteiger partial charge in [0.25, 0.3) is 0 Å². The molecule has 0 fully saturated rings. The largest absolute Gasteiger partial charge is 2.00 e. The third-order valence-electron chi connectivity index (χ3n) is 0. The first-order valence-electron chi connectivity index (χ1n) is 1.33. The molecule has 0 rings (SSSR count). The summed E-state index contributed by atoms with van der Waals surface area (Å²) in [5.74, 6) is 0. The predicted molar refractivity (Wildman–Crippen MR) is 32.5 cm³/mol.